The molecule has 0 aliphatic carbocycles. The molecule has 0 spiro atoms. The van der Waals surface area contributed by atoms with Gasteiger partial charge in [-0.2, -0.15) is 5.26 Å². The first-order valence-corrected chi connectivity index (χ1v) is 5.27. The van der Waals surface area contributed by atoms with E-state index >= 15 is 0 Å². The van der Waals surface area contributed by atoms with E-state index in [-0.39, 0.29) is 25.2 Å². The van der Waals surface area contributed by atoms with Crippen LogP contribution in [-0.4, -0.2) is 36.9 Å². The van der Waals surface area contributed by atoms with E-state index in [0.29, 0.717) is 12.1 Å². The molecule has 17 heavy (non-hydrogen) atoms. The highest BCUT2D eigenvalue weighted by Crippen LogP contribution is 2.19. The maximum atomic E-state index is 11.7. The van der Waals surface area contributed by atoms with E-state index in [2.05, 4.69) is 0 Å². The van der Waals surface area contributed by atoms with Crippen molar-refractivity contribution in [3.8, 4) is 6.07 Å². The fraction of sp³-hybridized carbons (Fsp3) is 0.333. The molecule has 5 heteroatoms. The average molecular weight is 232 g/mol. The number of hydrogen-bond acceptors (Lipinski definition) is 4. The molecule has 0 saturated carbocycles. The zero-order valence-electron chi connectivity index (χ0n) is 9.17. The Labute approximate surface area is 98.8 Å². The molecule has 88 valence electrons. The minimum atomic E-state index is -0.344. The molecule has 1 aliphatic heterocycles. The van der Waals surface area contributed by atoms with Gasteiger partial charge in [-0.3, -0.25) is 4.79 Å². The lowest BCUT2D eigenvalue weighted by Gasteiger charge is -2.31. The molecule has 1 unspecified atom stereocenters. The van der Waals surface area contributed by atoms with Crippen LogP contribution in [0.15, 0.2) is 24.3 Å². The molecule has 1 atom stereocenters. The summed E-state index contributed by atoms with van der Waals surface area (Å²) in [6, 6.07) is 8.77. The Morgan fingerprint density at radius 1 is 1.47 bits per heavy atom. The molecule has 1 aromatic carbocycles. The van der Waals surface area contributed by atoms with Gasteiger partial charge in [-0.1, -0.05) is 0 Å². The molecule has 1 N–H and O–H groups in total. The van der Waals surface area contributed by atoms with Gasteiger partial charge in [0.05, 0.1) is 30.9 Å². The number of hydrogen-bond donors (Lipinski definition) is 1. The second-order valence-corrected chi connectivity index (χ2v) is 3.78. The molecule has 1 amide bonds. The molecule has 1 saturated heterocycles. The minimum Gasteiger partial charge on any atom is -0.394 e. The number of ether oxygens (including phenoxy) is 1. The Morgan fingerprint density at radius 3 is 2.76 bits per heavy atom. The topological polar surface area (TPSA) is 73.6 Å². The van der Waals surface area contributed by atoms with E-state index in [1.165, 1.54) is 0 Å². The van der Waals surface area contributed by atoms with Crippen molar-refractivity contribution >= 4 is 11.6 Å². The van der Waals surface area contributed by atoms with Gasteiger partial charge >= 0.3 is 0 Å². The van der Waals surface area contributed by atoms with Crippen LogP contribution in [0, 0.1) is 11.3 Å². The molecule has 2 rings (SSSR count). The first kappa shape index (κ1) is 11.6. The summed E-state index contributed by atoms with van der Waals surface area (Å²) in [5.74, 6) is -0.139. The molecule has 0 bridgehead atoms. The van der Waals surface area contributed by atoms with Crippen LogP contribution in [0.2, 0.25) is 0 Å². The highest BCUT2D eigenvalue weighted by Gasteiger charge is 2.26. The van der Waals surface area contributed by atoms with Crippen LogP contribution in [0.1, 0.15) is 5.56 Å². The fourth-order valence-electron chi connectivity index (χ4n) is 1.70. The Kier molecular flexibility index (Phi) is 3.38. The number of rotatable bonds is 2. The largest absolute Gasteiger partial charge is 0.394 e. The number of anilines is 1. The third-order valence-corrected chi connectivity index (χ3v) is 2.64. The van der Waals surface area contributed by atoms with Gasteiger partial charge in [-0.05, 0) is 24.3 Å². The van der Waals surface area contributed by atoms with Crippen LogP contribution in [-0.2, 0) is 9.53 Å². The lowest BCUT2D eigenvalue weighted by molar-refractivity contribution is -0.130. The van der Waals surface area contributed by atoms with Gasteiger partial charge in [-0.15, -0.1) is 0 Å². The standard InChI is InChI=1S/C12H12N2O3/c13-5-9-1-3-10(4-2-9)14-6-11(7-15)17-8-12(14)16/h1-4,11,15H,6-8H2. The highest BCUT2D eigenvalue weighted by atomic mass is 16.5. The first-order valence-electron chi connectivity index (χ1n) is 5.27. The molecule has 0 radical (unpaired) electrons. The SMILES string of the molecule is N#Cc1ccc(N2CC(CO)OCC2=O)cc1. The second-order valence-electron chi connectivity index (χ2n) is 3.78. The summed E-state index contributed by atoms with van der Waals surface area (Å²) in [6.45, 7) is 0.201. The van der Waals surface area contributed by atoms with E-state index in [0.717, 1.165) is 5.69 Å². The summed E-state index contributed by atoms with van der Waals surface area (Å²) in [7, 11) is 0. The van der Waals surface area contributed by atoms with Crippen LogP contribution in [0.3, 0.4) is 0 Å². The van der Waals surface area contributed by atoms with Gasteiger partial charge in [-0.25, -0.2) is 0 Å². The lowest BCUT2D eigenvalue weighted by Crippen LogP contribution is -2.48. The van der Waals surface area contributed by atoms with Crippen molar-refractivity contribution in [2.75, 3.05) is 24.7 Å². The monoisotopic (exact) mass is 232 g/mol. The van der Waals surface area contributed by atoms with Gasteiger partial charge < -0.3 is 14.7 Å². The Hall–Kier alpha value is -1.90. The molecule has 5 nitrogen and oxygen atoms in total. The number of morpholine rings is 1. The van der Waals surface area contributed by atoms with E-state index in [1.807, 2.05) is 6.07 Å². The summed E-state index contributed by atoms with van der Waals surface area (Å²) in [5, 5.41) is 17.7. The number of nitrogens with zero attached hydrogens (tertiary/aromatic N) is 2. The third kappa shape index (κ3) is 2.44. The summed E-state index contributed by atoms with van der Waals surface area (Å²) < 4.78 is 5.14. The predicted molar refractivity (Wildman–Crippen MR) is 60.3 cm³/mol. The van der Waals surface area contributed by atoms with E-state index in [1.54, 1.807) is 29.2 Å². The van der Waals surface area contributed by atoms with E-state index in [4.69, 9.17) is 15.1 Å². The van der Waals surface area contributed by atoms with Crippen molar-refractivity contribution in [3.63, 3.8) is 0 Å². The molecule has 1 fully saturated rings. The maximum Gasteiger partial charge on any atom is 0.253 e. The van der Waals surface area contributed by atoms with Gasteiger partial charge in [0.25, 0.3) is 5.91 Å². The number of nitriles is 1. The summed E-state index contributed by atoms with van der Waals surface area (Å²) >= 11 is 0. The summed E-state index contributed by atoms with van der Waals surface area (Å²) in [4.78, 5) is 13.2. The first-order chi connectivity index (χ1) is 8.24. The Morgan fingerprint density at radius 2 is 2.18 bits per heavy atom. The fourth-order valence-corrected chi connectivity index (χ4v) is 1.70. The molecule has 1 heterocycles. The smallest absolute Gasteiger partial charge is 0.253 e. The van der Waals surface area contributed by atoms with Gasteiger partial charge in [0.1, 0.15) is 6.61 Å². The summed E-state index contributed by atoms with van der Waals surface area (Å²) in [6.07, 6.45) is -0.344. The van der Waals surface area contributed by atoms with Gasteiger partial charge in [0.15, 0.2) is 0 Å². The molecule has 1 aliphatic rings. The number of aliphatic hydroxyl groups excluding tert-OH is 1. The number of amides is 1. The number of aliphatic hydroxyl groups is 1. The van der Waals surface area contributed by atoms with Crippen LogP contribution in [0.4, 0.5) is 5.69 Å². The minimum absolute atomic E-state index is 0.0226. The Balaban J connectivity index is 2.19. The van der Waals surface area contributed by atoms with Gasteiger partial charge in [0.2, 0.25) is 0 Å². The van der Waals surface area contributed by atoms with Crippen molar-refractivity contribution in [1.29, 1.82) is 5.26 Å². The zero-order chi connectivity index (χ0) is 12.3. The van der Waals surface area contributed by atoms with Crippen LogP contribution in [0.5, 0.6) is 0 Å². The van der Waals surface area contributed by atoms with E-state index < -0.39 is 0 Å². The number of carbonyl (C=O) groups excluding carboxylic acids is 1. The maximum absolute atomic E-state index is 11.7. The molecule has 1 aromatic rings. The van der Waals surface area contributed by atoms with Crippen LogP contribution < -0.4 is 4.90 Å². The Bertz CT molecular complexity index is 450. The normalized spacial score (nSPS) is 20.1. The van der Waals surface area contributed by atoms with Crippen molar-refractivity contribution in [2.45, 2.75) is 6.10 Å². The quantitative estimate of drug-likeness (QED) is 0.795. The average Bonchev–Trinajstić information content (AvgIpc) is 2.39. The predicted octanol–water partition coefficient (Wildman–Crippen LogP) is 0.282. The van der Waals surface area contributed by atoms with Crippen molar-refractivity contribution in [1.82, 2.24) is 0 Å². The number of benzene rings is 1. The zero-order valence-corrected chi connectivity index (χ0v) is 9.17. The van der Waals surface area contributed by atoms with Crippen molar-refractivity contribution in [3.05, 3.63) is 29.8 Å². The van der Waals surface area contributed by atoms with Crippen molar-refractivity contribution < 1.29 is 14.6 Å². The summed E-state index contributed by atoms with van der Waals surface area (Å²) in [5.41, 5.74) is 1.27. The van der Waals surface area contributed by atoms with Gasteiger partial charge in [0, 0.05) is 5.69 Å². The molecular formula is C12H12N2O3. The van der Waals surface area contributed by atoms with Crippen LogP contribution in [0.25, 0.3) is 0 Å². The lowest BCUT2D eigenvalue weighted by atomic mass is 10.2. The van der Waals surface area contributed by atoms with Crippen molar-refractivity contribution in [2.24, 2.45) is 0 Å². The van der Waals surface area contributed by atoms with Crippen LogP contribution >= 0.6 is 0 Å². The molecule has 0 aromatic heterocycles. The third-order valence-electron chi connectivity index (χ3n) is 2.64. The number of carbonyl (C=O) groups is 1. The highest BCUT2D eigenvalue weighted by molar-refractivity contribution is 5.95. The van der Waals surface area contributed by atoms with E-state index in [9.17, 15) is 4.79 Å². The second kappa shape index (κ2) is 4.95. The molecular weight excluding hydrogens is 220 g/mol.